The lowest BCUT2D eigenvalue weighted by Crippen LogP contribution is -2.60. The zero-order chi connectivity index (χ0) is 46.2. The molecule has 0 radical (unpaired) electrons. The molecule has 3 aromatic heterocycles. The van der Waals surface area contributed by atoms with Crippen molar-refractivity contribution in [3.05, 3.63) is 46.3 Å². The molecule has 3 fully saturated rings. The van der Waals surface area contributed by atoms with E-state index in [0.717, 1.165) is 0 Å². The Bertz CT molecular complexity index is 2620. The average molecular weight is 930 g/mol. The predicted molar refractivity (Wildman–Crippen MR) is 236 cm³/mol. The molecule has 0 spiro atoms. The van der Waals surface area contributed by atoms with Gasteiger partial charge in [0.15, 0.2) is 11.3 Å². The van der Waals surface area contributed by atoms with Crippen LogP contribution < -0.4 is 24.8 Å². The highest BCUT2D eigenvalue weighted by Gasteiger charge is 2.62. The third kappa shape index (κ3) is 9.33. The maximum absolute atomic E-state index is 14.8. The van der Waals surface area contributed by atoms with E-state index in [0.29, 0.717) is 51.5 Å². The Kier molecular flexibility index (Phi) is 11.9. The van der Waals surface area contributed by atoms with Crippen LogP contribution in [-0.4, -0.2) is 100 Å². The molecule has 7 rings (SSSR count). The first-order valence-electron chi connectivity index (χ1n) is 20.5. The van der Waals surface area contributed by atoms with E-state index in [1.165, 1.54) is 29.4 Å². The minimum atomic E-state index is -3.97. The fourth-order valence-corrected chi connectivity index (χ4v) is 10.1. The topological polar surface area (TPSA) is 229 Å². The van der Waals surface area contributed by atoms with Crippen LogP contribution in [0, 0.1) is 11.3 Å². The molecule has 3 aliphatic rings. The van der Waals surface area contributed by atoms with Crippen LogP contribution >= 0.6 is 22.9 Å². The highest BCUT2D eigenvalue weighted by atomic mass is 35.5. The number of rotatable bonds is 13. The zero-order valence-electron chi connectivity index (χ0n) is 36.6. The first kappa shape index (κ1) is 46.0. The Morgan fingerprint density at radius 1 is 1.08 bits per heavy atom. The molecule has 340 valence electrons. The van der Waals surface area contributed by atoms with Gasteiger partial charge in [-0.1, -0.05) is 38.4 Å². The molecule has 2 saturated carbocycles. The third-order valence-corrected chi connectivity index (χ3v) is 14.5. The van der Waals surface area contributed by atoms with Gasteiger partial charge in [-0.15, -0.1) is 17.9 Å². The molecular formula is C43H53ClN6O11S2. The Balaban J connectivity index is 1.28. The minimum Gasteiger partial charge on any atom is -0.495 e. The summed E-state index contributed by atoms with van der Waals surface area (Å²) in [7, 11) is -2.49. The maximum atomic E-state index is 14.8. The molecular weight excluding hydrogens is 876 g/mol. The van der Waals surface area contributed by atoms with Crippen LogP contribution in [-0.2, 0) is 34.7 Å². The van der Waals surface area contributed by atoms with Crippen LogP contribution in [0.15, 0.2) is 40.7 Å². The van der Waals surface area contributed by atoms with Crippen molar-refractivity contribution in [1.29, 1.82) is 0 Å². The van der Waals surface area contributed by atoms with Gasteiger partial charge in [0.2, 0.25) is 21.8 Å². The molecule has 2 aliphatic carbocycles. The number of benzene rings is 1. The van der Waals surface area contributed by atoms with Gasteiger partial charge < -0.3 is 39.3 Å². The Labute approximate surface area is 374 Å². The van der Waals surface area contributed by atoms with Gasteiger partial charge in [-0.05, 0) is 71.4 Å². The summed E-state index contributed by atoms with van der Waals surface area (Å²) in [6.45, 7) is 17.2. The van der Waals surface area contributed by atoms with E-state index in [4.69, 9.17) is 35.2 Å². The molecule has 4 amide bonds. The first-order chi connectivity index (χ1) is 29.3. The van der Waals surface area contributed by atoms with Crippen molar-refractivity contribution in [3.8, 4) is 22.9 Å². The number of hydrogen-bond donors (Lipinski definition) is 4. The second-order valence-corrected chi connectivity index (χ2v) is 22.1. The van der Waals surface area contributed by atoms with E-state index in [1.807, 2.05) is 0 Å². The summed E-state index contributed by atoms with van der Waals surface area (Å²) in [5.41, 5.74) is -3.00. The van der Waals surface area contributed by atoms with E-state index in [9.17, 15) is 32.7 Å². The second-order valence-electron chi connectivity index (χ2n) is 18.9. The zero-order valence-corrected chi connectivity index (χ0v) is 39.0. The van der Waals surface area contributed by atoms with Gasteiger partial charge in [-0.25, -0.2) is 23.2 Å². The minimum absolute atomic E-state index is 0.0860. The van der Waals surface area contributed by atoms with Gasteiger partial charge in [0, 0.05) is 23.8 Å². The number of thiazole rings is 1. The summed E-state index contributed by atoms with van der Waals surface area (Å²) >= 11 is 8.08. The molecule has 5 atom stereocenters. The molecule has 0 bridgehead atoms. The highest BCUT2D eigenvalue weighted by molar-refractivity contribution is 7.91. The summed E-state index contributed by atoms with van der Waals surface area (Å²) < 4.78 is 51.9. The molecule has 20 heteroatoms. The molecule has 4 heterocycles. The number of pyridine rings is 1. The number of methoxy groups -OCH3 is 1. The van der Waals surface area contributed by atoms with E-state index in [-0.39, 0.29) is 35.7 Å². The van der Waals surface area contributed by atoms with Gasteiger partial charge in [-0.2, -0.15) is 0 Å². The lowest BCUT2D eigenvalue weighted by molar-refractivity contribution is -0.143. The number of furan rings is 1. The molecule has 63 heavy (non-hydrogen) atoms. The number of nitrogens with one attached hydrogen (secondary N) is 3. The van der Waals surface area contributed by atoms with Crippen molar-refractivity contribution in [2.24, 2.45) is 11.3 Å². The number of aromatic nitrogens is 2. The second kappa shape index (κ2) is 16.2. The van der Waals surface area contributed by atoms with Gasteiger partial charge in [0.1, 0.15) is 62.5 Å². The Morgan fingerprint density at radius 3 is 2.35 bits per heavy atom. The number of amides is 4. The van der Waals surface area contributed by atoms with Crippen molar-refractivity contribution in [2.75, 3.05) is 13.7 Å². The van der Waals surface area contributed by atoms with Crippen molar-refractivity contribution >= 4 is 78.8 Å². The monoisotopic (exact) mass is 928 g/mol. The van der Waals surface area contributed by atoms with Crippen molar-refractivity contribution in [1.82, 2.24) is 30.2 Å². The molecule has 1 saturated heterocycles. The first-order valence-corrected chi connectivity index (χ1v) is 23.3. The number of nitrogens with zero attached hydrogens (tertiary/aromatic N) is 3. The average Bonchev–Trinajstić information content (AvgIpc) is 3.99. The quantitative estimate of drug-likeness (QED) is 0.114. The maximum Gasteiger partial charge on any atom is 0.408 e. The number of halogens is 1. The van der Waals surface area contributed by atoms with E-state index < -0.39 is 85.3 Å². The number of ether oxygens (including phenoxy) is 3. The molecule has 0 unspecified atom stereocenters. The number of aliphatic hydroxyl groups is 1. The van der Waals surface area contributed by atoms with Crippen LogP contribution in [0.1, 0.15) is 86.1 Å². The molecule has 1 aromatic carbocycles. The molecule has 1 aliphatic heterocycles. The molecule has 4 N–H and O–H groups in total. The van der Waals surface area contributed by atoms with Crippen LogP contribution in [0.4, 0.5) is 4.79 Å². The molecule has 4 aromatic rings. The van der Waals surface area contributed by atoms with Crippen LogP contribution in [0.3, 0.4) is 0 Å². The number of hydrogen-bond acceptors (Lipinski definition) is 14. The van der Waals surface area contributed by atoms with Crippen LogP contribution in [0.25, 0.3) is 33.5 Å². The van der Waals surface area contributed by atoms with E-state index in [1.54, 1.807) is 79.0 Å². The summed E-state index contributed by atoms with van der Waals surface area (Å²) in [6.07, 6.45) is 0.554. The largest absolute Gasteiger partial charge is 0.495 e. The fraction of sp³-hybridized carbons (Fsp3) is 0.535. The lowest BCUT2D eigenvalue weighted by Gasteiger charge is -2.36. The SMILES string of the molecule is C=C[C@@H]1C[C@]1(NC(=O)[C@@H]1C[C@@H](Oc2cc(-c3csc(C(C)(C)O)n3)nc3c2oc2ccc(OC)c(Cl)c23)CN1C(=O)[C@@H](NC(=O)OC(C)(C)C)C(C)(C)C)C(=O)NS(=O)(=O)C1CC1. The Morgan fingerprint density at radius 2 is 1.78 bits per heavy atom. The van der Waals surface area contributed by atoms with Crippen molar-refractivity contribution in [2.45, 2.75) is 121 Å². The predicted octanol–water partition coefficient (Wildman–Crippen LogP) is 5.95. The van der Waals surface area contributed by atoms with Crippen LogP contribution in [0.5, 0.6) is 11.5 Å². The number of carbonyl (C=O) groups is 4. The van der Waals surface area contributed by atoms with Gasteiger partial charge in [0.25, 0.3) is 5.91 Å². The highest BCUT2D eigenvalue weighted by Crippen LogP contribution is 2.47. The van der Waals surface area contributed by atoms with Gasteiger partial charge in [-0.3, -0.25) is 19.1 Å². The fourth-order valence-electron chi connectivity index (χ4n) is 7.60. The number of fused-ring (bicyclic) bond motifs is 3. The Hall–Kier alpha value is -4.98. The summed E-state index contributed by atoms with van der Waals surface area (Å²) in [6, 6.07) is 2.46. The number of carbonyl (C=O) groups excluding carboxylic acids is 4. The number of alkyl carbamates (subject to hydrolysis) is 1. The lowest BCUT2D eigenvalue weighted by atomic mass is 9.85. The van der Waals surface area contributed by atoms with Crippen molar-refractivity contribution < 1.29 is 51.3 Å². The molecule has 17 nitrogen and oxygen atoms in total. The summed E-state index contributed by atoms with van der Waals surface area (Å²) in [5.74, 6) is -2.31. The standard InChI is InChI=1S/C43H53ClN6O11S2/c1-11-21-18-43(21,37(53)49-63(56,57)23-12-13-23)48-35(51)26-16-22(19-50(26)36(52)34(40(2,3)4)47-39(54)61-41(5,6)7)59-29-17-24(25-20-62-38(46-25)42(8,9)55)45-32-30-27(60-33(29)32)14-15-28(58-10)31(30)44/h11,14-15,17,20-23,26,34,55H,1,12-13,16,18-19H2,2-10H3,(H,47,54)(H,48,51)(H,49,53)/t21-,22-,26+,34-,43-/m1/s1. The number of likely N-dealkylation sites (tertiary alicyclic amines) is 1. The van der Waals surface area contributed by atoms with E-state index in [2.05, 4.69) is 26.9 Å². The smallest absolute Gasteiger partial charge is 0.408 e. The van der Waals surface area contributed by atoms with E-state index >= 15 is 0 Å². The number of sulfonamides is 1. The van der Waals surface area contributed by atoms with Crippen LogP contribution in [0.2, 0.25) is 5.02 Å². The van der Waals surface area contributed by atoms with Gasteiger partial charge >= 0.3 is 6.09 Å². The third-order valence-electron chi connectivity index (χ3n) is 11.1. The summed E-state index contributed by atoms with van der Waals surface area (Å²) in [5, 5.41) is 18.4. The normalized spacial score (nSPS) is 22.1. The van der Waals surface area contributed by atoms with Gasteiger partial charge in [0.05, 0.1) is 35.0 Å². The summed E-state index contributed by atoms with van der Waals surface area (Å²) in [4.78, 5) is 67.1. The van der Waals surface area contributed by atoms with Crippen molar-refractivity contribution in [3.63, 3.8) is 0 Å².